The summed E-state index contributed by atoms with van der Waals surface area (Å²) in [6.45, 7) is 1.88. The summed E-state index contributed by atoms with van der Waals surface area (Å²) in [5, 5.41) is 33.4. The van der Waals surface area contributed by atoms with E-state index in [-0.39, 0.29) is 22.2 Å². The largest absolute Gasteiger partial charge is 0.501 e. The molecule has 1 aromatic heterocycles. The molecule has 2 N–H and O–H groups in total. The van der Waals surface area contributed by atoms with Crippen LogP contribution in [0.15, 0.2) is 22.2 Å². The Morgan fingerprint density at radius 3 is 2.78 bits per heavy atom. The Bertz CT molecular complexity index is 1180. The van der Waals surface area contributed by atoms with Crippen LogP contribution in [0.25, 0.3) is 6.08 Å². The zero-order valence-electron chi connectivity index (χ0n) is 16.9. The Morgan fingerprint density at radius 1 is 1.41 bits per heavy atom. The van der Waals surface area contributed by atoms with Crippen LogP contribution in [0.1, 0.15) is 46.1 Å². The van der Waals surface area contributed by atoms with E-state index in [2.05, 4.69) is 21.2 Å². The van der Waals surface area contributed by atoms with Crippen LogP contribution in [-0.2, 0) is 22.4 Å². The number of ether oxygens (including phenoxy) is 1. The van der Waals surface area contributed by atoms with Gasteiger partial charge in [-0.05, 0) is 71.8 Å². The Balaban J connectivity index is 1.96. The number of esters is 1. The lowest BCUT2D eigenvalue weighted by molar-refractivity contribution is -0.386. The van der Waals surface area contributed by atoms with E-state index in [9.17, 15) is 30.1 Å². The molecule has 0 spiro atoms. The third-order valence-corrected chi connectivity index (χ3v) is 6.63. The van der Waals surface area contributed by atoms with E-state index in [1.807, 2.05) is 0 Å². The number of anilines is 1. The first-order valence-electron chi connectivity index (χ1n) is 9.68. The highest BCUT2D eigenvalue weighted by atomic mass is 79.9. The van der Waals surface area contributed by atoms with Gasteiger partial charge in [0, 0.05) is 10.9 Å². The fourth-order valence-corrected chi connectivity index (χ4v) is 5.13. The third kappa shape index (κ3) is 4.81. The summed E-state index contributed by atoms with van der Waals surface area (Å²) >= 11 is 4.31. The molecule has 0 unspecified atom stereocenters. The number of rotatable bonds is 6. The molecule has 0 radical (unpaired) electrons. The summed E-state index contributed by atoms with van der Waals surface area (Å²) in [6.07, 6.45) is 4.60. The zero-order chi connectivity index (χ0) is 23.4. The van der Waals surface area contributed by atoms with Gasteiger partial charge in [0.1, 0.15) is 16.6 Å². The molecule has 1 aromatic carbocycles. The van der Waals surface area contributed by atoms with E-state index >= 15 is 0 Å². The third-order valence-electron chi connectivity index (χ3n) is 4.82. The predicted octanol–water partition coefficient (Wildman–Crippen LogP) is 4.73. The van der Waals surface area contributed by atoms with Crippen molar-refractivity contribution in [1.29, 1.82) is 5.26 Å². The van der Waals surface area contributed by atoms with Crippen LogP contribution in [0, 0.1) is 21.4 Å². The molecule has 0 aliphatic heterocycles. The van der Waals surface area contributed by atoms with Crippen molar-refractivity contribution >= 4 is 55.9 Å². The number of nitriles is 1. The number of hydrogen-bond acceptors (Lipinski definition) is 8. The van der Waals surface area contributed by atoms with E-state index < -0.39 is 28.2 Å². The van der Waals surface area contributed by atoms with Crippen LogP contribution in [0.3, 0.4) is 0 Å². The lowest BCUT2D eigenvalue weighted by atomic mass is 9.95. The van der Waals surface area contributed by atoms with Gasteiger partial charge < -0.3 is 15.2 Å². The van der Waals surface area contributed by atoms with E-state index in [4.69, 9.17) is 4.74 Å². The van der Waals surface area contributed by atoms with Crippen LogP contribution < -0.4 is 5.32 Å². The molecule has 166 valence electrons. The van der Waals surface area contributed by atoms with Crippen LogP contribution in [0.5, 0.6) is 5.75 Å². The fourth-order valence-electron chi connectivity index (χ4n) is 3.39. The molecule has 0 saturated carbocycles. The van der Waals surface area contributed by atoms with Crippen molar-refractivity contribution in [3.05, 3.63) is 53.9 Å². The van der Waals surface area contributed by atoms with Crippen LogP contribution in [0.4, 0.5) is 10.7 Å². The molecule has 0 bridgehead atoms. The van der Waals surface area contributed by atoms with Crippen LogP contribution in [0.2, 0.25) is 0 Å². The molecule has 32 heavy (non-hydrogen) atoms. The number of aromatic hydroxyl groups is 1. The number of phenolic OH excluding ortho intramolecular Hbond substituents is 1. The minimum atomic E-state index is -0.772. The number of aryl methyl sites for hydroxylation is 1. The van der Waals surface area contributed by atoms with Gasteiger partial charge in [-0.3, -0.25) is 14.9 Å². The topological polar surface area (TPSA) is 143 Å². The van der Waals surface area contributed by atoms with E-state index in [0.717, 1.165) is 35.8 Å². The second kappa shape index (κ2) is 9.93. The number of amides is 1. The van der Waals surface area contributed by atoms with E-state index in [0.29, 0.717) is 17.0 Å². The number of carbonyl (C=O) groups excluding carboxylic acids is 2. The van der Waals surface area contributed by atoms with Crippen molar-refractivity contribution < 1.29 is 24.4 Å². The monoisotopic (exact) mass is 519 g/mol. The highest BCUT2D eigenvalue weighted by molar-refractivity contribution is 9.10. The Kier molecular flexibility index (Phi) is 7.27. The number of hydrogen-bond donors (Lipinski definition) is 2. The van der Waals surface area contributed by atoms with Crippen LogP contribution in [-0.4, -0.2) is 28.5 Å². The SMILES string of the molecule is CCOC(=O)c1c(NC(=O)/C(C#N)=C/c2cc(Br)c(O)c([N+](=O)[O-])c2)sc2c1CCCC2. The Labute approximate surface area is 195 Å². The maximum absolute atomic E-state index is 12.8. The maximum atomic E-state index is 12.8. The Morgan fingerprint density at radius 2 is 2.12 bits per heavy atom. The number of nitro groups is 1. The summed E-state index contributed by atoms with van der Waals surface area (Å²) < 4.78 is 5.21. The first-order chi connectivity index (χ1) is 15.3. The van der Waals surface area contributed by atoms with Crippen molar-refractivity contribution in [2.24, 2.45) is 0 Å². The lowest BCUT2D eigenvalue weighted by Crippen LogP contribution is -2.16. The standard InChI is InChI=1S/C21H18BrN3O6S/c1-2-31-21(28)17-13-5-3-4-6-16(13)32-20(17)24-19(27)12(10-23)7-11-8-14(22)18(26)15(9-11)25(29)30/h7-9,26H,2-6H2,1H3,(H,24,27)/b12-7+. The summed E-state index contributed by atoms with van der Waals surface area (Å²) in [7, 11) is 0. The Hall–Kier alpha value is -3.23. The second-order valence-corrected chi connectivity index (χ2v) is 8.85. The van der Waals surface area contributed by atoms with Crippen molar-refractivity contribution in [2.45, 2.75) is 32.6 Å². The number of nitro benzene ring substituents is 1. The molecule has 2 aromatic rings. The number of thiophene rings is 1. The molecule has 0 fully saturated rings. The number of benzene rings is 1. The molecule has 1 aliphatic rings. The molecule has 0 atom stereocenters. The molecule has 1 aliphatic carbocycles. The van der Waals surface area contributed by atoms with Crippen molar-refractivity contribution in [3.8, 4) is 11.8 Å². The first-order valence-corrected chi connectivity index (χ1v) is 11.3. The highest BCUT2D eigenvalue weighted by Crippen LogP contribution is 2.39. The van der Waals surface area contributed by atoms with E-state index in [1.54, 1.807) is 13.0 Å². The van der Waals surface area contributed by atoms with Gasteiger partial charge in [-0.2, -0.15) is 5.26 Å². The molecular weight excluding hydrogens is 502 g/mol. The molecular formula is C21H18BrN3O6S. The quantitative estimate of drug-likeness (QED) is 0.184. The fraction of sp³-hybridized carbons (Fsp3) is 0.286. The van der Waals surface area contributed by atoms with Crippen molar-refractivity contribution in [1.82, 2.24) is 0 Å². The summed E-state index contributed by atoms with van der Waals surface area (Å²) in [6, 6.07) is 4.18. The van der Waals surface area contributed by atoms with Gasteiger partial charge >= 0.3 is 11.7 Å². The van der Waals surface area contributed by atoms with Crippen molar-refractivity contribution in [3.63, 3.8) is 0 Å². The minimum Gasteiger partial charge on any atom is -0.501 e. The van der Waals surface area contributed by atoms with Gasteiger partial charge in [0.2, 0.25) is 5.75 Å². The summed E-state index contributed by atoms with van der Waals surface area (Å²) in [5.74, 6) is -1.84. The summed E-state index contributed by atoms with van der Waals surface area (Å²) in [4.78, 5) is 36.7. The van der Waals surface area contributed by atoms with Gasteiger partial charge in [-0.25, -0.2) is 4.79 Å². The first kappa shape index (κ1) is 23.4. The van der Waals surface area contributed by atoms with E-state index in [1.165, 1.54) is 23.5 Å². The predicted molar refractivity (Wildman–Crippen MR) is 122 cm³/mol. The average molecular weight is 520 g/mol. The van der Waals surface area contributed by atoms with Crippen LogP contribution >= 0.6 is 27.3 Å². The number of phenols is 1. The smallest absolute Gasteiger partial charge is 0.341 e. The average Bonchev–Trinajstić information content (AvgIpc) is 3.11. The maximum Gasteiger partial charge on any atom is 0.341 e. The highest BCUT2D eigenvalue weighted by Gasteiger charge is 2.28. The lowest BCUT2D eigenvalue weighted by Gasteiger charge is -2.12. The van der Waals surface area contributed by atoms with Gasteiger partial charge in [0.05, 0.1) is 21.6 Å². The zero-order valence-corrected chi connectivity index (χ0v) is 19.3. The van der Waals surface area contributed by atoms with Gasteiger partial charge in [-0.1, -0.05) is 0 Å². The van der Waals surface area contributed by atoms with Gasteiger partial charge in [-0.15, -0.1) is 11.3 Å². The number of halogens is 1. The minimum absolute atomic E-state index is 0.0474. The molecule has 1 heterocycles. The molecule has 3 rings (SSSR count). The normalized spacial score (nSPS) is 13.1. The molecule has 9 nitrogen and oxygen atoms in total. The molecule has 0 saturated heterocycles. The van der Waals surface area contributed by atoms with Crippen molar-refractivity contribution in [2.75, 3.05) is 11.9 Å². The number of nitrogens with zero attached hydrogens (tertiary/aromatic N) is 2. The number of carbonyl (C=O) groups is 2. The summed E-state index contributed by atoms with van der Waals surface area (Å²) in [5.41, 5.74) is 0.469. The van der Waals surface area contributed by atoms with Gasteiger partial charge in [0.25, 0.3) is 5.91 Å². The second-order valence-electron chi connectivity index (χ2n) is 6.89. The molecule has 11 heteroatoms. The van der Waals surface area contributed by atoms with Gasteiger partial charge in [0.15, 0.2) is 0 Å². The number of nitrogens with one attached hydrogen (secondary N) is 1. The number of fused-ring (bicyclic) bond motifs is 1. The molecule has 1 amide bonds.